The Labute approximate surface area is 138 Å². The maximum absolute atomic E-state index is 11.8. The van der Waals surface area contributed by atoms with Gasteiger partial charge in [0.2, 0.25) is 5.91 Å². The van der Waals surface area contributed by atoms with Crippen molar-refractivity contribution in [2.24, 2.45) is 10.4 Å². The molecule has 1 aromatic carbocycles. The van der Waals surface area contributed by atoms with Gasteiger partial charge in [0.1, 0.15) is 5.75 Å². The van der Waals surface area contributed by atoms with E-state index in [1.165, 1.54) is 5.56 Å². The number of rotatable bonds is 7. The van der Waals surface area contributed by atoms with E-state index < -0.39 is 5.41 Å². The Morgan fingerprint density at radius 1 is 1.22 bits per heavy atom. The van der Waals surface area contributed by atoms with Crippen LogP contribution in [-0.4, -0.2) is 46.2 Å². The van der Waals surface area contributed by atoms with Gasteiger partial charge in [0, 0.05) is 27.2 Å². The number of aliphatic imine (C=N–C) groups is 1. The lowest BCUT2D eigenvalue weighted by molar-refractivity contribution is -0.128. The van der Waals surface area contributed by atoms with Crippen molar-refractivity contribution in [1.82, 2.24) is 16.0 Å². The third-order valence-corrected chi connectivity index (χ3v) is 3.63. The Bertz CT molecular complexity index is 524. The molecule has 0 radical (unpaired) electrons. The summed E-state index contributed by atoms with van der Waals surface area (Å²) in [6.07, 6.45) is 0.879. The van der Waals surface area contributed by atoms with Crippen LogP contribution in [0.5, 0.6) is 5.75 Å². The molecule has 1 aromatic rings. The lowest BCUT2D eigenvalue weighted by atomic mass is 9.92. The fraction of sp³-hybridized carbons (Fsp3) is 0.529. The summed E-state index contributed by atoms with van der Waals surface area (Å²) in [6, 6.07) is 8.00. The van der Waals surface area contributed by atoms with Gasteiger partial charge >= 0.3 is 0 Å². The molecule has 0 spiro atoms. The molecule has 0 aromatic heterocycles. The van der Waals surface area contributed by atoms with E-state index in [0.717, 1.165) is 18.7 Å². The van der Waals surface area contributed by atoms with Crippen molar-refractivity contribution < 1.29 is 9.53 Å². The highest BCUT2D eigenvalue weighted by Crippen LogP contribution is 2.13. The average Bonchev–Trinajstić information content (AvgIpc) is 2.57. The van der Waals surface area contributed by atoms with Crippen molar-refractivity contribution in [3.63, 3.8) is 0 Å². The summed E-state index contributed by atoms with van der Waals surface area (Å²) in [5, 5.41) is 9.11. The van der Waals surface area contributed by atoms with Crippen LogP contribution in [0.25, 0.3) is 0 Å². The monoisotopic (exact) mass is 320 g/mol. The van der Waals surface area contributed by atoms with Crippen molar-refractivity contribution >= 4 is 11.9 Å². The molecule has 6 heteroatoms. The van der Waals surface area contributed by atoms with Gasteiger partial charge in [0.15, 0.2) is 5.96 Å². The molecular weight excluding hydrogens is 292 g/mol. The number of hydrogen-bond donors (Lipinski definition) is 3. The van der Waals surface area contributed by atoms with Gasteiger partial charge in [0.25, 0.3) is 0 Å². The van der Waals surface area contributed by atoms with E-state index in [-0.39, 0.29) is 5.91 Å². The van der Waals surface area contributed by atoms with E-state index in [0.29, 0.717) is 12.5 Å². The molecule has 23 heavy (non-hydrogen) atoms. The van der Waals surface area contributed by atoms with Crippen molar-refractivity contribution in [2.45, 2.75) is 20.3 Å². The van der Waals surface area contributed by atoms with Crippen LogP contribution in [0.4, 0.5) is 0 Å². The summed E-state index contributed by atoms with van der Waals surface area (Å²) in [5.74, 6) is 1.55. The smallest absolute Gasteiger partial charge is 0.227 e. The first kappa shape index (κ1) is 18.8. The number of carbonyl (C=O) groups is 1. The number of methoxy groups -OCH3 is 1. The first-order valence-electron chi connectivity index (χ1n) is 7.72. The third-order valence-electron chi connectivity index (χ3n) is 3.63. The van der Waals surface area contributed by atoms with Crippen molar-refractivity contribution in [3.05, 3.63) is 29.8 Å². The van der Waals surface area contributed by atoms with Crippen molar-refractivity contribution in [1.29, 1.82) is 0 Å². The highest BCUT2D eigenvalue weighted by atomic mass is 16.5. The van der Waals surface area contributed by atoms with Gasteiger partial charge in [0.05, 0.1) is 12.5 Å². The normalized spacial score (nSPS) is 11.8. The van der Waals surface area contributed by atoms with E-state index in [1.807, 2.05) is 38.1 Å². The number of amides is 1. The molecule has 0 aliphatic carbocycles. The zero-order valence-electron chi connectivity index (χ0n) is 14.7. The van der Waals surface area contributed by atoms with Gasteiger partial charge in [-0.25, -0.2) is 0 Å². The molecule has 0 atom stereocenters. The largest absolute Gasteiger partial charge is 0.497 e. The molecule has 0 saturated carbocycles. The molecule has 1 rings (SSSR count). The minimum Gasteiger partial charge on any atom is -0.497 e. The predicted octanol–water partition coefficient (Wildman–Crippen LogP) is 1.17. The maximum Gasteiger partial charge on any atom is 0.227 e. The Hall–Kier alpha value is -2.24. The van der Waals surface area contributed by atoms with Crippen molar-refractivity contribution in [2.75, 3.05) is 34.3 Å². The SMILES string of the molecule is CN=C(NCCc1ccc(OC)cc1)NCC(C)(C)C(=O)NC. The fourth-order valence-electron chi connectivity index (χ4n) is 2.06. The topological polar surface area (TPSA) is 74.8 Å². The van der Waals surface area contributed by atoms with Crippen LogP contribution in [0, 0.1) is 5.41 Å². The molecular formula is C17H28N4O2. The lowest BCUT2D eigenvalue weighted by Gasteiger charge is -2.24. The number of hydrogen-bond acceptors (Lipinski definition) is 3. The molecule has 0 aliphatic heterocycles. The Kier molecular flexibility index (Phi) is 7.38. The zero-order chi connectivity index (χ0) is 17.3. The van der Waals surface area contributed by atoms with Gasteiger partial charge in [-0.05, 0) is 38.0 Å². The van der Waals surface area contributed by atoms with E-state index >= 15 is 0 Å². The van der Waals surface area contributed by atoms with Crippen molar-refractivity contribution in [3.8, 4) is 5.75 Å². The first-order valence-corrected chi connectivity index (χ1v) is 7.72. The average molecular weight is 320 g/mol. The van der Waals surface area contributed by atoms with Crippen LogP contribution >= 0.6 is 0 Å². The highest BCUT2D eigenvalue weighted by Gasteiger charge is 2.26. The minimum absolute atomic E-state index is 0.00122. The molecule has 0 heterocycles. The molecule has 6 nitrogen and oxygen atoms in total. The predicted molar refractivity (Wildman–Crippen MR) is 93.9 cm³/mol. The fourth-order valence-corrected chi connectivity index (χ4v) is 2.06. The standard InChI is InChI=1S/C17H28N4O2/c1-17(2,15(22)18-3)12-21-16(19-4)20-11-10-13-6-8-14(23-5)9-7-13/h6-9H,10-12H2,1-5H3,(H,18,22)(H2,19,20,21). The second-order valence-corrected chi connectivity index (χ2v) is 5.91. The summed E-state index contributed by atoms with van der Waals surface area (Å²) in [7, 11) is 5.02. The molecule has 0 aliphatic rings. The molecule has 128 valence electrons. The van der Waals surface area contributed by atoms with E-state index in [4.69, 9.17) is 4.74 Å². The van der Waals surface area contributed by atoms with Crippen LogP contribution in [-0.2, 0) is 11.2 Å². The maximum atomic E-state index is 11.8. The third kappa shape index (κ3) is 6.18. The van der Waals surface area contributed by atoms with E-state index in [9.17, 15) is 4.79 Å². The van der Waals surface area contributed by atoms with Gasteiger partial charge < -0.3 is 20.7 Å². The molecule has 0 saturated heterocycles. The summed E-state index contributed by atoms with van der Waals surface area (Å²) < 4.78 is 5.14. The Balaban J connectivity index is 2.40. The zero-order valence-corrected chi connectivity index (χ0v) is 14.7. The molecule has 0 fully saturated rings. The second-order valence-electron chi connectivity index (χ2n) is 5.91. The van der Waals surface area contributed by atoms with Crippen LogP contribution in [0.3, 0.4) is 0 Å². The molecule has 3 N–H and O–H groups in total. The molecule has 1 amide bonds. The quantitative estimate of drug-likeness (QED) is 0.521. The van der Waals surface area contributed by atoms with Gasteiger partial charge in [-0.15, -0.1) is 0 Å². The van der Waals surface area contributed by atoms with Crippen LogP contribution in [0.1, 0.15) is 19.4 Å². The van der Waals surface area contributed by atoms with Gasteiger partial charge in [-0.2, -0.15) is 0 Å². The van der Waals surface area contributed by atoms with Crippen LogP contribution < -0.4 is 20.7 Å². The Morgan fingerprint density at radius 2 is 1.87 bits per heavy atom. The van der Waals surface area contributed by atoms with Crippen LogP contribution in [0.2, 0.25) is 0 Å². The lowest BCUT2D eigenvalue weighted by Crippen LogP contribution is -2.47. The second kappa shape index (κ2) is 9.02. The molecule has 0 unspecified atom stereocenters. The summed E-state index contributed by atoms with van der Waals surface area (Å²) in [5.41, 5.74) is 0.724. The molecule has 0 bridgehead atoms. The highest BCUT2D eigenvalue weighted by molar-refractivity contribution is 5.84. The number of guanidine groups is 1. The Morgan fingerprint density at radius 3 is 2.39 bits per heavy atom. The van der Waals surface area contributed by atoms with E-state index in [1.54, 1.807) is 21.2 Å². The number of benzene rings is 1. The summed E-state index contributed by atoms with van der Waals surface area (Å²) >= 11 is 0. The van der Waals surface area contributed by atoms with Gasteiger partial charge in [-0.3, -0.25) is 9.79 Å². The number of carbonyl (C=O) groups excluding carboxylic acids is 1. The summed E-state index contributed by atoms with van der Waals surface area (Å²) in [6.45, 7) is 5.05. The van der Waals surface area contributed by atoms with Gasteiger partial charge in [-0.1, -0.05) is 12.1 Å². The number of nitrogens with one attached hydrogen (secondary N) is 3. The summed E-state index contributed by atoms with van der Waals surface area (Å²) in [4.78, 5) is 15.9. The minimum atomic E-state index is -0.498. The van der Waals surface area contributed by atoms with Crippen LogP contribution in [0.15, 0.2) is 29.3 Å². The first-order chi connectivity index (χ1) is 10.9. The van der Waals surface area contributed by atoms with E-state index in [2.05, 4.69) is 20.9 Å². The number of nitrogens with zero attached hydrogens (tertiary/aromatic N) is 1. The number of ether oxygens (including phenoxy) is 1.